The topological polar surface area (TPSA) is 89.6 Å². The summed E-state index contributed by atoms with van der Waals surface area (Å²) in [7, 11) is 0. The third-order valence-corrected chi connectivity index (χ3v) is 1.68. The monoisotopic (exact) mass is 203 g/mol. The molecule has 0 fully saturated rings. The number of rotatable bonds is 5. The first-order valence-electron chi connectivity index (χ1n) is 4.34. The molecule has 14 heavy (non-hydrogen) atoms. The number of nitrogens with two attached hydrogens (primary N) is 1. The van der Waals surface area contributed by atoms with Gasteiger partial charge >= 0.3 is 5.97 Å². The van der Waals surface area contributed by atoms with Gasteiger partial charge in [0.05, 0.1) is 6.61 Å². The zero-order chi connectivity index (χ0) is 11.4. The molecule has 0 saturated heterocycles. The highest BCUT2D eigenvalue weighted by Gasteiger charge is 2.21. The smallest absolute Gasteiger partial charge is 0.322 e. The summed E-state index contributed by atoms with van der Waals surface area (Å²) in [6, 6.07) is -1.07. The van der Waals surface area contributed by atoms with Gasteiger partial charge < -0.3 is 15.6 Å². The van der Waals surface area contributed by atoms with Crippen molar-refractivity contribution in [1.82, 2.24) is 0 Å². The number of ketones is 1. The molecule has 82 valence electrons. The molecule has 0 bridgehead atoms. The van der Waals surface area contributed by atoms with Crippen LogP contribution in [0.25, 0.3) is 0 Å². The molecule has 0 aliphatic rings. The van der Waals surface area contributed by atoms with Gasteiger partial charge in [-0.05, 0) is 0 Å². The second-order valence-corrected chi connectivity index (χ2v) is 4.13. The fourth-order valence-corrected chi connectivity index (χ4v) is 0.566. The number of aliphatic carboxylic acids is 1. The molecule has 0 aromatic heterocycles. The fourth-order valence-electron chi connectivity index (χ4n) is 0.566. The lowest BCUT2D eigenvalue weighted by Crippen LogP contribution is -2.36. The van der Waals surface area contributed by atoms with Gasteiger partial charge in [-0.2, -0.15) is 0 Å². The lowest BCUT2D eigenvalue weighted by molar-refractivity contribution is -0.141. The first kappa shape index (κ1) is 13.1. The highest BCUT2D eigenvalue weighted by molar-refractivity contribution is 5.84. The van der Waals surface area contributed by atoms with Crippen LogP contribution >= 0.6 is 0 Å². The zero-order valence-corrected chi connectivity index (χ0v) is 8.74. The van der Waals surface area contributed by atoms with Gasteiger partial charge in [-0.1, -0.05) is 20.8 Å². The van der Waals surface area contributed by atoms with Crippen molar-refractivity contribution in [3.8, 4) is 0 Å². The van der Waals surface area contributed by atoms with Gasteiger partial charge in [-0.3, -0.25) is 9.59 Å². The maximum atomic E-state index is 11.3. The molecule has 5 nitrogen and oxygen atoms in total. The summed E-state index contributed by atoms with van der Waals surface area (Å²) in [5, 5.41) is 8.42. The molecule has 0 aromatic carbocycles. The molecule has 0 amide bonds. The molecular weight excluding hydrogens is 186 g/mol. The van der Waals surface area contributed by atoms with E-state index in [0.29, 0.717) is 0 Å². The van der Waals surface area contributed by atoms with Crippen LogP contribution in [-0.2, 0) is 14.3 Å². The van der Waals surface area contributed by atoms with Crippen LogP contribution in [0.3, 0.4) is 0 Å². The van der Waals surface area contributed by atoms with Crippen molar-refractivity contribution in [2.75, 3.05) is 13.2 Å². The van der Waals surface area contributed by atoms with E-state index in [0.717, 1.165) is 0 Å². The first-order chi connectivity index (χ1) is 6.25. The normalized spacial score (nSPS) is 13.7. The number of hydrogen-bond acceptors (Lipinski definition) is 4. The molecule has 1 atom stereocenters. The molecule has 0 aliphatic heterocycles. The second kappa shape index (κ2) is 5.07. The van der Waals surface area contributed by atoms with Crippen molar-refractivity contribution in [3.05, 3.63) is 0 Å². The Kier molecular flexibility index (Phi) is 4.73. The largest absolute Gasteiger partial charge is 0.480 e. The molecule has 0 aromatic rings. The molecule has 0 heterocycles. The van der Waals surface area contributed by atoms with Crippen LogP contribution in [0.5, 0.6) is 0 Å². The lowest BCUT2D eigenvalue weighted by atomic mass is 9.91. The molecule has 0 aliphatic carbocycles. The van der Waals surface area contributed by atoms with E-state index in [-0.39, 0.29) is 19.0 Å². The minimum absolute atomic E-state index is 0.0740. The van der Waals surface area contributed by atoms with Crippen LogP contribution < -0.4 is 5.73 Å². The number of hydrogen-bond donors (Lipinski definition) is 2. The van der Waals surface area contributed by atoms with Gasteiger partial charge in [0.2, 0.25) is 0 Å². The van der Waals surface area contributed by atoms with Gasteiger partial charge in [0.15, 0.2) is 5.78 Å². The summed E-state index contributed by atoms with van der Waals surface area (Å²) in [6.45, 7) is 5.09. The van der Waals surface area contributed by atoms with Crippen LogP contribution in [0.2, 0.25) is 0 Å². The van der Waals surface area contributed by atoms with E-state index < -0.39 is 17.4 Å². The number of ether oxygens (including phenoxy) is 1. The van der Waals surface area contributed by atoms with Crippen LogP contribution in [0.1, 0.15) is 20.8 Å². The summed E-state index contributed by atoms with van der Waals surface area (Å²) in [6.07, 6.45) is 0. The number of Topliss-reactive ketones (excluding diaryl/α,β-unsaturated/α-hetero) is 1. The van der Waals surface area contributed by atoms with E-state index >= 15 is 0 Å². The van der Waals surface area contributed by atoms with E-state index in [1.165, 1.54) is 0 Å². The van der Waals surface area contributed by atoms with Crippen molar-refractivity contribution in [1.29, 1.82) is 0 Å². The second-order valence-electron chi connectivity index (χ2n) is 4.13. The van der Waals surface area contributed by atoms with Crippen LogP contribution in [0, 0.1) is 5.41 Å². The lowest BCUT2D eigenvalue weighted by Gasteiger charge is -2.16. The van der Waals surface area contributed by atoms with Gasteiger partial charge in [0.1, 0.15) is 12.6 Å². The predicted molar refractivity (Wildman–Crippen MR) is 50.9 cm³/mol. The Bertz CT molecular complexity index is 219. The zero-order valence-electron chi connectivity index (χ0n) is 8.74. The average Bonchev–Trinajstić information content (AvgIpc) is 2.01. The minimum Gasteiger partial charge on any atom is -0.480 e. The Morgan fingerprint density at radius 2 is 1.93 bits per heavy atom. The van der Waals surface area contributed by atoms with Crippen molar-refractivity contribution in [2.45, 2.75) is 26.8 Å². The SMILES string of the molecule is CC(C)(C)C(=O)COCC(N)C(=O)O. The van der Waals surface area contributed by atoms with Crippen molar-refractivity contribution < 1.29 is 19.4 Å². The summed E-state index contributed by atoms with van der Waals surface area (Å²) in [4.78, 5) is 21.6. The van der Waals surface area contributed by atoms with E-state index in [4.69, 9.17) is 15.6 Å². The highest BCUT2D eigenvalue weighted by Crippen LogP contribution is 2.14. The summed E-state index contributed by atoms with van der Waals surface area (Å²) >= 11 is 0. The predicted octanol–water partition coefficient (Wildman–Crippen LogP) is 0.0301. The van der Waals surface area contributed by atoms with Crippen LogP contribution in [0.4, 0.5) is 0 Å². The molecule has 5 heteroatoms. The summed E-state index contributed by atoms with van der Waals surface area (Å²) in [5.41, 5.74) is 4.71. The molecular formula is C9H17NO4. The number of carboxylic acids is 1. The van der Waals surface area contributed by atoms with Gasteiger partial charge in [-0.15, -0.1) is 0 Å². The van der Waals surface area contributed by atoms with Crippen molar-refractivity contribution >= 4 is 11.8 Å². The third-order valence-electron chi connectivity index (χ3n) is 1.68. The van der Waals surface area contributed by atoms with Crippen LogP contribution in [-0.4, -0.2) is 36.1 Å². The van der Waals surface area contributed by atoms with Gasteiger partial charge in [0, 0.05) is 5.41 Å². The maximum absolute atomic E-state index is 11.3. The molecule has 1 unspecified atom stereocenters. The minimum atomic E-state index is -1.13. The first-order valence-corrected chi connectivity index (χ1v) is 4.34. The molecule has 0 radical (unpaired) electrons. The Morgan fingerprint density at radius 1 is 1.43 bits per heavy atom. The summed E-state index contributed by atoms with van der Waals surface area (Å²) < 4.78 is 4.89. The Morgan fingerprint density at radius 3 is 2.29 bits per heavy atom. The number of carboxylic acid groups (broad SMARTS) is 1. The Balaban J connectivity index is 3.76. The molecule has 0 rings (SSSR count). The van der Waals surface area contributed by atoms with Gasteiger partial charge in [0.25, 0.3) is 0 Å². The van der Waals surface area contributed by atoms with E-state index in [9.17, 15) is 9.59 Å². The fraction of sp³-hybridized carbons (Fsp3) is 0.778. The third kappa shape index (κ3) is 4.94. The molecule has 3 N–H and O–H groups in total. The highest BCUT2D eigenvalue weighted by atomic mass is 16.5. The van der Waals surface area contributed by atoms with Gasteiger partial charge in [-0.25, -0.2) is 0 Å². The standard InChI is InChI=1S/C9H17NO4/c1-9(2,3)7(11)5-14-4-6(10)8(12)13/h6H,4-5,10H2,1-3H3,(H,12,13). The number of carbonyl (C=O) groups excluding carboxylic acids is 1. The number of carbonyl (C=O) groups is 2. The van der Waals surface area contributed by atoms with Crippen LogP contribution in [0.15, 0.2) is 0 Å². The van der Waals surface area contributed by atoms with Crippen molar-refractivity contribution in [2.24, 2.45) is 11.1 Å². The average molecular weight is 203 g/mol. The van der Waals surface area contributed by atoms with Crippen molar-refractivity contribution in [3.63, 3.8) is 0 Å². The summed E-state index contributed by atoms with van der Waals surface area (Å²) in [5.74, 6) is -1.21. The quantitative estimate of drug-likeness (QED) is 0.658. The van der Waals surface area contributed by atoms with E-state index in [1.54, 1.807) is 20.8 Å². The molecule has 0 spiro atoms. The Hall–Kier alpha value is -0.940. The van der Waals surface area contributed by atoms with E-state index in [1.807, 2.05) is 0 Å². The Labute approximate surface area is 83.2 Å². The maximum Gasteiger partial charge on any atom is 0.322 e. The van der Waals surface area contributed by atoms with E-state index in [2.05, 4.69) is 0 Å². The molecule has 0 saturated carbocycles.